The van der Waals surface area contributed by atoms with Crippen molar-refractivity contribution in [3.63, 3.8) is 0 Å². The molecule has 6 nitrogen and oxygen atoms in total. The van der Waals surface area contributed by atoms with Crippen molar-refractivity contribution >= 4 is 21.9 Å². The molecule has 0 aliphatic heterocycles. The summed E-state index contributed by atoms with van der Waals surface area (Å²) in [5.74, 6) is 1.15. The molecule has 1 aromatic carbocycles. The third-order valence-electron chi connectivity index (χ3n) is 4.96. The van der Waals surface area contributed by atoms with Gasteiger partial charge in [0.25, 0.3) is 11.1 Å². The lowest BCUT2D eigenvalue weighted by molar-refractivity contribution is 0.300. The van der Waals surface area contributed by atoms with Crippen molar-refractivity contribution in [3.05, 3.63) is 63.4 Å². The molecule has 3 aromatic rings. The number of nitrogens with zero attached hydrogens (tertiary/aromatic N) is 2. The van der Waals surface area contributed by atoms with Gasteiger partial charge in [-0.3, -0.25) is 14.2 Å². The van der Waals surface area contributed by atoms with Crippen molar-refractivity contribution < 1.29 is 9.29 Å². The molecule has 1 aliphatic rings. The molecule has 0 N–H and O–H groups in total. The van der Waals surface area contributed by atoms with E-state index in [-0.39, 0.29) is 17.0 Å². The van der Waals surface area contributed by atoms with E-state index in [4.69, 9.17) is 4.74 Å². The zero-order chi connectivity index (χ0) is 19.8. The summed E-state index contributed by atoms with van der Waals surface area (Å²) in [6.07, 6.45) is 7.30. The molecule has 0 saturated heterocycles. The van der Waals surface area contributed by atoms with Gasteiger partial charge >= 0.3 is 0 Å². The summed E-state index contributed by atoms with van der Waals surface area (Å²) < 4.78 is 20.7. The monoisotopic (exact) mass is 398 g/mol. The lowest BCUT2D eigenvalue weighted by atomic mass is 10.0. The van der Waals surface area contributed by atoms with Gasteiger partial charge in [-0.2, -0.15) is 0 Å². The maximum atomic E-state index is 12.5. The number of aromatic nitrogens is 2. The van der Waals surface area contributed by atoms with Crippen molar-refractivity contribution in [2.45, 2.75) is 18.7 Å². The summed E-state index contributed by atoms with van der Waals surface area (Å²) in [6, 6.07) is 8.86. The first-order chi connectivity index (χ1) is 13.4. The van der Waals surface area contributed by atoms with Crippen LogP contribution in [0, 0.1) is 5.92 Å². The predicted molar refractivity (Wildman–Crippen MR) is 111 cm³/mol. The molecule has 1 unspecified atom stereocenters. The van der Waals surface area contributed by atoms with E-state index in [1.165, 1.54) is 15.2 Å². The molecule has 1 saturated carbocycles. The predicted octanol–water partition coefficient (Wildman–Crippen LogP) is 2.49. The highest BCUT2D eigenvalue weighted by Gasteiger charge is 2.23. The van der Waals surface area contributed by atoms with Crippen molar-refractivity contribution in [1.82, 2.24) is 9.13 Å². The molecule has 1 aliphatic carbocycles. The average Bonchev–Trinajstić information content (AvgIpc) is 3.49. The fourth-order valence-corrected chi connectivity index (χ4v) is 3.89. The van der Waals surface area contributed by atoms with Crippen LogP contribution < -0.4 is 15.9 Å². The molecule has 146 valence electrons. The molecule has 0 amide bonds. The largest absolute Gasteiger partial charge is 0.615 e. The molecule has 2 aromatic heterocycles. The molecule has 0 bridgehead atoms. The van der Waals surface area contributed by atoms with Gasteiger partial charge in [-0.05, 0) is 41.4 Å². The molecular formula is C21H22N2O4S. The Morgan fingerprint density at radius 2 is 1.86 bits per heavy atom. The lowest BCUT2D eigenvalue weighted by Gasteiger charge is -2.17. The van der Waals surface area contributed by atoms with Crippen LogP contribution in [0.25, 0.3) is 21.9 Å². The number of hydrogen-bond donors (Lipinski definition) is 0. The van der Waals surface area contributed by atoms with Gasteiger partial charge in [0, 0.05) is 42.0 Å². The van der Waals surface area contributed by atoms with Crippen LogP contribution in [0.15, 0.2) is 52.3 Å². The van der Waals surface area contributed by atoms with E-state index in [2.05, 4.69) is 0 Å². The first-order valence-corrected chi connectivity index (χ1v) is 10.9. The van der Waals surface area contributed by atoms with E-state index < -0.39 is 11.2 Å². The molecule has 4 rings (SSSR count). The van der Waals surface area contributed by atoms with Gasteiger partial charge in [0.05, 0.1) is 12.9 Å². The van der Waals surface area contributed by atoms with Crippen LogP contribution in [-0.4, -0.2) is 26.5 Å². The Kier molecular flexibility index (Phi) is 5.03. The number of ether oxygens (including phenoxy) is 1. The molecular weight excluding hydrogens is 376 g/mol. The Morgan fingerprint density at radius 1 is 1.14 bits per heavy atom. The molecule has 2 heterocycles. The van der Waals surface area contributed by atoms with E-state index in [0.717, 1.165) is 29.4 Å². The Bertz CT molecular complexity index is 1150. The number of fused-ring (bicyclic) bond motifs is 1. The Labute approximate surface area is 165 Å². The third-order valence-corrected chi connectivity index (χ3v) is 5.60. The maximum Gasteiger partial charge on any atom is 0.258 e. The second-order valence-electron chi connectivity index (χ2n) is 7.32. The van der Waals surface area contributed by atoms with Gasteiger partial charge in [-0.25, -0.2) is 0 Å². The maximum absolute atomic E-state index is 12.5. The summed E-state index contributed by atoms with van der Waals surface area (Å²) in [4.78, 5) is 25.0. The minimum atomic E-state index is -1.17. The highest BCUT2D eigenvalue weighted by molar-refractivity contribution is 7.89. The molecule has 1 atom stereocenters. The van der Waals surface area contributed by atoms with Gasteiger partial charge < -0.3 is 13.9 Å². The fraction of sp³-hybridized carbons (Fsp3) is 0.333. The quantitative estimate of drug-likeness (QED) is 0.598. The summed E-state index contributed by atoms with van der Waals surface area (Å²) >= 11 is -1.17. The summed E-state index contributed by atoms with van der Waals surface area (Å²) in [5.41, 5.74) is 1.19. The van der Waals surface area contributed by atoms with Crippen LogP contribution in [0.1, 0.15) is 12.8 Å². The molecule has 7 heteroatoms. The van der Waals surface area contributed by atoms with Gasteiger partial charge in [-0.1, -0.05) is 18.2 Å². The molecule has 1 fully saturated rings. The fourth-order valence-electron chi connectivity index (χ4n) is 3.30. The Hall–Kier alpha value is -2.51. The van der Waals surface area contributed by atoms with E-state index in [1.54, 1.807) is 31.8 Å². The minimum Gasteiger partial charge on any atom is -0.615 e. The Morgan fingerprint density at radius 3 is 2.54 bits per heavy atom. The third kappa shape index (κ3) is 3.72. The SMILES string of the molecule is Cn1cc(-c2cn(C[S+](C)[O-])c(=O)cc2OCC2CC2)c2ccccc2c1=O. The topological polar surface area (TPSA) is 76.3 Å². The zero-order valence-electron chi connectivity index (χ0n) is 15.9. The van der Waals surface area contributed by atoms with Crippen molar-refractivity contribution in [3.8, 4) is 16.9 Å². The van der Waals surface area contributed by atoms with Gasteiger partial charge in [0.15, 0.2) is 5.88 Å². The molecule has 0 spiro atoms. The normalized spacial score (nSPS) is 15.0. The van der Waals surface area contributed by atoms with Crippen LogP contribution in [0.2, 0.25) is 0 Å². The zero-order valence-corrected chi connectivity index (χ0v) is 16.7. The Balaban J connectivity index is 1.94. The van der Waals surface area contributed by atoms with E-state index in [0.29, 0.717) is 23.7 Å². The summed E-state index contributed by atoms with van der Waals surface area (Å²) in [6.45, 7) is 0.569. The van der Waals surface area contributed by atoms with Crippen molar-refractivity contribution in [2.24, 2.45) is 13.0 Å². The van der Waals surface area contributed by atoms with Gasteiger partial charge in [0.1, 0.15) is 5.75 Å². The van der Waals surface area contributed by atoms with Crippen molar-refractivity contribution in [1.29, 1.82) is 0 Å². The highest BCUT2D eigenvalue weighted by Crippen LogP contribution is 2.35. The second kappa shape index (κ2) is 7.48. The van der Waals surface area contributed by atoms with Crippen LogP contribution in [-0.2, 0) is 24.1 Å². The van der Waals surface area contributed by atoms with Gasteiger partial charge in [-0.15, -0.1) is 0 Å². The first kappa shape index (κ1) is 18.8. The average molecular weight is 398 g/mol. The molecule has 28 heavy (non-hydrogen) atoms. The number of benzene rings is 1. The minimum absolute atomic E-state index is 0.0808. The van der Waals surface area contributed by atoms with E-state index in [9.17, 15) is 14.1 Å². The van der Waals surface area contributed by atoms with E-state index >= 15 is 0 Å². The van der Waals surface area contributed by atoms with Crippen LogP contribution in [0.4, 0.5) is 0 Å². The smallest absolute Gasteiger partial charge is 0.258 e. The standard InChI is InChI=1S/C21H22N2O4S/c1-22-10-17(15-5-3-4-6-16(15)21(22)25)18-11-23(13-28(2)26)20(24)9-19(18)27-12-14-7-8-14/h3-6,9-11,14H,7-8,12-13H2,1-2H3. The summed E-state index contributed by atoms with van der Waals surface area (Å²) in [5, 5.41) is 1.40. The number of aryl methyl sites for hydroxylation is 1. The highest BCUT2D eigenvalue weighted by atomic mass is 32.2. The van der Waals surface area contributed by atoms with Crippen LogP contribution >= 0.6 is 0 Å². The number of hydrogen-bond acceptors (Lipinski definition) is 4. The van der Waals surface area contributed by atoms with Gasteiger partial charge in [0.2, 0.25) is 0 Å². The summed E-state index contributed by atoms with van der Waals surface area (Å²) in [7, 11) is 1.71. The first-order valence-electron chi connectivity index (χ1n) is 9.20. The van der Waals surface area contributed by atoms with Crippen molar-refractivity contribution in [2.75, 3.05) is 12.9 Å². The number of pyridine rings is 2. The van der Waals surface area contributed by atoms with Crippen LogP contribution in [0.5, 0.6) is 5.75 Å². The lowest BCUT2D eigenvalue weighted by Crippen LogP contribution is -2.24. The number of rotatable bonds is 6. The molecule has 0 radical (unpaired) electrons. The second-order valence-corrected chi connectivity index (χ2v) is 8.73. The van der Waals surface area contributed by atoms with Crippen LogP contribution in [0.3, 0.4) is 0 Å². The van der Waals surface area contributed by atoms with E-state index in [1.807, 2.05) is 18.2 Å².